The summed E-state index contributed by atoms with van der Waals surface area (Å²) in [6.07, 6.45) is 0.663. The Hall–Kier alpha value is -2.28. The Morgan fingerprint density at radius 2 is 2.22 bits per heavy atom. The Balaban J connectivity index is 2.43. The molecule has 1 heterocycles. The lowest BCUT2D eigenvalue weighted by Gasteiger charge is -1.99. The summed E-state index contributed by atoms with van der Waals surface area (Å²) in [6, 6.07) is 5.87. The molecule has 2 rings (SSSR count). The molecule has 1 unspecified atom stereocenters. The Morgan fingerprint density at radius 3 is 2.89 bits per heavy atom. The fraction of sp³-hybridized carbons (Fsp3) is 0.273. The van der Waals surface area contributed by atoms with Crippen LogP contribution >= 0.6 is 0 Å². The third kappa shape index (κ3) is 2.21. The number of nitro benzene ring substituents is 1. The summed E-state index contributed by atoms with van der Waals surface area (Å²) < 4.78 is 5.02. The predicted molar refractivity (Wildman–Crippen MR) is 63.6 cm³/mol. The van der Waals surface area contributed by atoms with Gasteiger partial charge in [0.2, 0.25) is 0 Å². The highest BCUT2D eigenvalue weighted by atomic mass is 16.6. The number of nitro groups is 1. The lowest BCUT2D eigenvalue weighted by atomic mass is 10.2. The Bertz CT molecular complexity index is 567. The highest BCUT2D eigenvalue weighted by Gasteiger charge is 2.21. The molecule has 0 aliphatic carbocycles. The van der Waals surface area contributed by atoms with E-state index in [1.807, 2.05) is 6.92 Å². The van der Waals surface area contributed by atoms with Crippen LogP contribution in [-0.4, -0.2) is 15.1 Å². The molecule has 18 heavy (non-hydrogen) atoms. The van der Waals surface area contributed by atoms with Gasteiger partial charge in [0.25, 0.3) is 11.6 Å². The van der Waals surface area contributed by atoms with Crippen LogP contribution in [-0.2, 0) is 0 Å². The van der Waals surface area contributed by atoms with E-state index in [4.69, 9.17) is 10.3 Å². The minimum absolute atomic E-state index is 0.0715. The molecule has 1 atom stereocenters. The highest BCUT2D eigenvalue weighted by Crippen LogP contribution is 2.28. The molecule has 0 amide bonds. The minimum atomic E-state index is -0.487. The van der Waals surface area contributed by atoms with Crippen molar-refractivity contribution in [2.75, 3.05) is 0 Å². The molecule has 0 saturated carbocycles. The van der Waals surface area contributed by atoms with Crippen molar-refractivity contribution in [2.45, 2.75) is 19.4 Å². The molecule has 0 saturated heterocycles. The summed E-state index contributed by atoms with van der Waals surface area (Å²) in [7, 11) is 0. The number of benzene rings is 1. The number of aromatic nitrogens is 2. The van der Waals surface area contributed by atoms with Gasteiger partial charge in [0.15, 0.2) is 5.82 Å². The summed E-state index contributed by atoms with van der Waals surface area (Å²) in [5.41, 5.74) is 5.99. The molecule has 0 spiro atoms. The maximum atomic E-state index is 10.9. The third-order valence-electron chi connectivity index (χ3n) is 2.54. The van der Waals surface area contributed by atoms with Crippen molar-refractivity contribution in [3.63, 3.8) is 0 Å². The van der Waals surface area contributed by atoms with Crippen molar-refractivity contribution in [1.82, 2.24) is 10.1 Å². The molecule has 0 bridgehead atoms. The van der Waals surface area contributed by atoms with E-state index in [1.54, 1.807) is 18.2 Å². The predicted octanol–water partition coefficient (Wildman–Crippen LogP) is 2.05. The highest BCUT2D eigenvalue weighted by molar-refractivity contribution is 5.66. The molecule has 2 N–H and O–H groups in total. The van der Waals surface area contributed by atoms with Crippen LogP contribution in [0.5, 0.6) is 0 Å². The largest absolute Gasteiger partial charge is 0.334 e. The monoisotopic (exact) mass is 248 g/mol. The van der Waals surface area contributed by atoms with Crippen LogP contribution in [0.1, 0.15) is 25.2 Å². The van der Waals surface area contributed by atoms with E-state index in [0.29, 0.717) is 17.8 Å². The zero-order valence-electron chi connectivity index (χ0n) is 9.74. The fourth-order valence-corrected chi connectivity index (χ4v) is 1.49. The normalized spacial score (nSPS) is 12.3. The van der Waals surface area contributed by atoms with Gasteiger partial charge in [-0.15, -0.1) is 0 Å². The first-order valence-corrected chi connectivity index (χ1v) is 5.46. The standard InChI is InChI=1S/C11H12N4O3/c1-2-8(12)10-13-11(18-14-10)7-5-3-4-6-9(7)15(16)17/h3-6,8H,2,12H2,1H3. The summed E-state index contributed by atoms with van der Waals surface area (Å²) >= 11 is 0. The van der Waals surface area contributed by atoms with Crippen molar-refractivity contribution in [3.05, 3.63) is 40.2 Å². The van der Waals surface area contributed by atoms with Gasteiger partial charge in [0, 0.05) is 6.07 Å². The first-order valence-electron chi connectivity index (χ1n) is 5.46. The van der Waals surface area contributed by atoms with Crippen LogP contribution < -0.4 is 5.73 Å². The lowest BCUT2D eigenvalue weighted by Crippen LogP contribution is -2.10. The molecule has 7 nitrogen and oxygen atoms in total. The number of hydrogen-bond donors (Lipinski definition) is 1. The topological polar surface area (TPSA) is 108 Å². The molecule has 1 aromatic carbocycles. The number of para-hydroxylation sites is 1. The molecule has 94 valence electrons. The molecular weight excluding hydrogens is 236 g/mol. The van der Waals surface area contributed by atoms with E-state index in [1.165, 1.54) is 6.07 Å². The van der Waals surface area contributed by atoms with Crippen molar-refractivity contribution in [3.8, 4) is 11.5 Å². The molecule has 0 aliphatic heterocycles. The van der Waals surface area contributed by atoms with E-state index >= 15 is 0 Å². The molecule has 7 heteroatoms. The maximum Gasteiger partial charge on any atom is 0.282 e. The van der Waals surface area contributed by atoms with E-state index < -0.39 is 4.92 Å². The first kappa shape index (κ1) is 12.2. The van der Waals surface area contributed by atoms with Crippen molar-refractivity contribution in [1.29, 1.82) is 0 Å². The molecular formula is C11H12N4O3. The number of nitrogens with two attached hydrogens (primary N) is 1. The van der Waals surface area contributed by atoms with Crippen LogP contribution in [0.15, 0.2) is 28.8 Å². The van der Waals surface area contributed by atoms with E-state index in [-0.39, 0.29) is 17.6 Å². The summed E-state index contributed by atoms with van der Waals surface area (Å²) in [4.78, 5) is 14.5. The van der Waals surface area contributed by atoms with E-state index in [2.05, 4.69) is 10.1 Å². The molecule has 0 radical (unpaired) electrons. The second-order valence-corrected chi connectivity index (χ2v) is 3.75. The number of hydrogen-bond acceptors (Lipinski definition) is 6. The van der Waals surface area contributed by atoms with Crippen molar-refractivity contribution < 1.29 is 9.45 Å². The van der Waals surface area contributed by atoms with Gasteiger partial charge in [-0.1, -0.05) is 24.2 Å². The molecule has 0 aliphatic rings. The Kier molecular flexibility index (Phi) is 3.33. The average molecular weight is 248 g/mol. The maximum absolute atomic E-state index is 10.9. The summed E-state index contributed by atoms with van der Waals surface area (Å²) in [5, 5.41) is 14.6. The quantitative estimate of drug-likeness (QED) is 0.655. The number of rotatable bonds is 4. The molecule has 2 aromatic rings. The van der Waals surface area contributed by atoms with Gasteiger partial charge in [-0.05, 0) is 12.5 Å². The van der Waals surface area contributed by atoms with Crippen LogP contribution in [0.3, 0.4) is 0 Å². The second kappa shape index (κ2) is 4.92. The zero-order chi connectivity index (χ0) is 13.1. The minimum Gasteiger partial charge on any atom is -0.334 e. The van der Waals surface area contributed by atoms with E-state index in [0.717, 1.165) is 0 Å². The van der Waals surface area contributed by atoms with E-state index in [9.17, 15) is 10.1 Å². The Labute approximate surface area is 103 Å². The van der Waals surface area contributed by atoms with Gasteiger partial charge in [0.1, 0.15) is 5.56 Å². The van der Waals surface area contributed by atoms with Gasteiger partial charge >= 0.3 is 0 Å². The van der Waals surface area contributed by atoms with Gasteiger partial charge < -0.3 is 10.3 Å². The van der Waals surface area contributed by atoms with Crippen LogP contribution in [0.4, 0.5) is 5.69 Å². The van der Waals surface area contributed by atoms with Crippen molar-refractivity contribution in [2.24, 2.45) is 5.73 Å². The number of nitrogens with zero attached hydrogens (tertiary/aromatic N) is 3. The SMILES string of the molecule is CCC(N)c1noc(-c2ccccc2[N+](=O)[O-])n1. The fourth-order valence-electron chi connectivity index (χ4n) is 1.49. The summed E-state index contributed by atoms with van der Waals surface area (Å²) in [6.45, 7) is 1.89. The lowest BCUT2D eigenvalue weighted by molar-refractivity contribution is -0.384. The van der Waals surface area contributed by atoms with Gasteiger partial charge in [-0.3, -0.25) is 10.1 Å². The first-order chi connectivity index (χ1) is 8.63. The Morgan fingerprint density at radius 1 is 1.50 bits per heavy atom. The second-order valence-electron chi connectivity index (χ2n) is 3.75. The molecule has 1 aromatic heterocycles. The third-order valence-corrected chi connectivity index (χ3v) is 2.54. The van der Waals surface area contributed by atoms with Crippen LogP contribution in [0.2, 0.25) is 0 Å². The van der Waals surface area contributed by atoms with Gasteiger partial charge in [0.05, 0.1) is 11.0 Å². The summed E-state index contributed by atoms with van der Waals surface area (Å²) in [5.74, 6) is 0.465. The zero-order valence-corrected chi connectivity index (χ0v) is 9.74. The van der Waals surface area contributed by atoms with Crippen molar-refractivity contribution >= 4 is 5.69 Å². The van der Waals surface area contributed by atoms with Crippen LogP contribution in [0.25, 0.3) is 11.5 Å². The molecule has 0 fully saturated rings. The van der Waals surface area contributed by atoms with Gasteiger partial charge in [-0.2, -0.15) is 4.98 Å². The van der Waals surface area contributed by atoms with Crippen LogP contribution in [0, 0.1) is 10.1 Å². The smallest absolute Gasteiger partial charge is 0.282 e. The average Bonchev–Trinajstić information content (AvgIpc) is 2.87. The van der Waals surface area contributed by atoms with Gasteiger partial charge in [-0.25, -0.2) is 0 Å².